The Hall–Kier alpha value is -2.11. The highest BCUT2D eigenvalue weighted by Crippen LogP contribution is 2.47. The van der Waals surface area contributed by atoms with E-state index in [2.05, 4.69) is 72.8 Å². The monoisotopic (exact) mass is 362 g/mol. The van der Waals surface area contributed by atoms with Gasteiger partial charge in [-0.2, -0.15) is 0 Å². The first kappa shape index (κ1) is 18.7. The fourth-order valence-electron chi connectivity index (χ4n) is 3.27. The molecule has 0 aromatic heterocycles. The summed E-state index contributed by atoms with van der Waals surface area (Å²) in [6.07, 6.45) is 5.12. The zero-order chi connectivity index (χ0) is 18.1. The fourth-order valence-corrected chi connectivity index (χ4v) is 5.94. The predicted octanol–water partition coefficient (Wildman–Crippen LogP) is 6.08. The van der Waals surface area contributed by atoms with Crippen LogP contribution in [-0.2, 0) is 23.8 Å². The molecule has 26 heavy (non-hydrogen) atoms. The van der Waals surface area contributed by atoms with Gasteiger partial charge in [-0.25, -0.2) is 0 Å². The van der Waals surface area contributed by atoms with Crippen molar-refractivity contribution in [3.05, 3.63) is 108 Å². The van der Waals surface area contributed by atoms with Gasteiger partial charge in [-0.1, -0.05) is 91.0 Å². The van der Waals surface area contributed by atoms with Crippen LogP contribution in [0.3, 0.4) is 0 Å². The average molecular weight is 362 g/mol. The van der Waals surface area contributed by atoms with Gasteiger partial charge >= 0.3 is 0 Å². The van der Waals surface area contributed by atoms with Crippen LogP contribution < -0.4 is 0 Å². The van der Waals surface area contributed by atoms with Gasteiger partial charge in [-0.3, -0.25) is 0 Å². The second-order valence-corrected chi connectivity index (χ2v) is 10.4. The molecule has 0 aliphatic rings. The summed E-state index contributed by atoms with van der Waals surface area (Å²) in [5.74, 6) is 0. The van der Waals surface area contributed by atoms with Gasteiger partial charge in [0.25, 0.3) is 0 Å². The number of aryl methyl sites for hydroxylation is 3. The molecular weight excluding hydrogens is 335 g/mol. The van der Waals surface area contributed by atoms with Gasteiger partial charge < -0.3 is 4.57 Å². The Morgan fingerprint density at radius 3 is 1.00 bits per heavy atom. The summed E-state index contributed by atoms with van der Waals surface area (Å²) in [5, 5.41) is 0. The number of hydrogen-bond donors (Lipinski definition) is 0. The van der Waals surface area contributed by atoms with Gasteiger partial charge in [0.15, 0.2) is 0 Å². The van der Waals surface area contributed by atoms with Gasteiger partial charge in [-0.05, 0) is 36.0 Å². The van der Waals surface area contributed by atoms with E-state index in [0.717, 1.165) is 37.7 Å². The number of benzene rings is 3. The average Bonchev–Trinajstić information content (AvgIpc) is 2.72. The summed E-state index contributed by atoms with van der Waals surface area (Å²) in [6, 6.07) is 31.3. The number of hydrogen-bond acceptors (Lipinski definition) is 1. The minimum atomic E-state index is -2.22. The molecule has 0 saturated heterocycles. The van der Waals surface area contributed by atoms with Gasteiger partial charge in [0.1, 0.15) is 0 Å². The van der Waals surface area contributed by atoms with E-state index in [9.17, 15) is 4.57 Å². The molecule has 134 valence electrons. The Morgan fingerprint density at radius 2 is 0.731 bits per heavy atom. The molecule has 3 aromatic rings. The maximum atomic E-state index is 13.7. The molecule has 0 aliphatic heterocycles. The maximum Gasteiger partial charge on any atom is 0.0887 e. The molecule has 0 aliphatic carbocycles. The summed E-state index contributed by atoms with van der Waals surface area (Å²) < 4.78 is 13.7. The van der Waals surface area contributed by atoms with Crippen LogP contribution in [0.1, 0.15) is 16.7 Å². The van der Waals surface area contributed by atoms with Crippen LogP contribution in [0.25, 0.3) is 0 Å². The summed E-state index contributed by atoms with van der Waals surface area (Å²) in [6.45, 7) is 0. The third-order valence-electron chi connectivity index (χ3n) is 4.95. The van der Waals surface area contributed by atoms with Crippen molar-refractivity contribution < 1.29 is 4.57 Å². The third-order valence-corrected chi connectivity index (χ3v) is 8.07. The van der Waals surface area contributed by atoms with Crippen molar-refractivity contribution in [2.45, 2.75) is 19.3 Å². The lowest BCUT2D eigenvalue weighted by molar-refractivity contribution is 0.572. The third kappa shape index (κ3) is 6.00. The van der Waals surface area contributed by atoms with E-state index in [4.69, 9.17) is 0 Å². The highest BCUT2D eigenvalue weighted by molar-refractivity contribution is 7.63. The van der Waals surface area contributed by atoms with Crippen molar-refractivity contribution in [3.63, 3.8) is 0 Å². The first-order chi connectivity index (χ1) is 12.7. The van der Waals surface area contributed by atoms with E-state index >= 15 is 0 Å². The van der Waals surface area contributed by atoms with Crippen molar-refractivity contribution in [3.8, 4) is 0 Å². The molecule has 3 aromatic carbocycles. The van der Waals surface area contributed by atoms with Crippen molar-refractivity contribution >= 4 is 7.14 Å². The minimum Gasteiger partial charge on any atom is -0.324 e. The van der Waals surface area contributed by atoms with Crippen LogP contribution in [0, 0.1) is 0 Å². The molecule has 0 radical (unpaired) electrons. The first-order valence-electron chi connectivity index (χ1n) is 9.42. The molecule has 0 heterocycles. The maximum absolute atomic E-state index is 13.7. The highest BCUT2D eigenvalue weighted by atomic mass is 31.2. The second-order valence-electron chi connectivity index (χ2n) is 6.94. The normalized spacial score (nSPS) is 11.4. The molecule has 0 bridgehead atoms. The standard InChI is InChI=1S/C24H27OP/c25-26(19-16-22-10-4-1-5-11-22,20-17-23-12-6-2-7-13-23)21-18-24-14-8-3-9-15-24/h1-15H,16-21H2. The van der Waals surface area contributed by atoms with E-state index in [-0.39, 0.29) is 0 Å². The molecular formula is C24H27OP. The molecule has 0 amide bonds. The Morgan fingerprint density at radius 1 is 0.462 bits per heavy atom. The van der Waals surface area contributed by atoms with Crippen LogP contribution in [0.15, 0.2) is 91.0 Å². The van der Waals surface area contributed by atoms with Crippen molar-refractivity contribution in [2.24, 2.45) is 0 Å². The Bertz CT molecular complexity index is 700. The quantitative estimate of drug-likeness (QED) is 0.422. The van der Waals surface area contributed by atoms with Crippen molar-refractivity contribution in [2.75, 3.05) is 18.5 Å². The molecule has 3 rings (SSSR count). The summed E-state index contributed by atoms with van der Waals surface area (Å²) in [4.78, 5) is 0. The van der Waals surface area contributed by atoms with E-state index in [1.165, 1.54) is 16.7 Å². The van der Waals surface area contributed by atoms with Crippen molar-refractivity contribution in [1.29, 1.82) is 0 Å². The lowest BCUT2D eigenvalue weighted by Gasteiger charge is -2.19. The van der Waals surface area contributed by atoms with Crippen LogP contribution in [-0.4, -0.2) is 18.5 Å². The largest absolute Gasteiger partial charge is 0.324 e. The lowest BCUT2D eigenvalue weighted by Crippen LogP contribution is -2.07. The topological polar surface area (TPSA) is 17.1 Å². The molecule has 0 fully saturated rings. The van der Waals surface area contributed by atoms with E-state index < -0.39 is 7.14 Å². The van der Waals surface area contributed by atoms with E-state index in [1.54, 1.807) is 0 Å². The molecule has 0 atom stereocenters. The summed E-state index contributed by atoms with van der Waals surface area (Å²) >= 11 is 0. The van der Waals surface area contributed by atoms with E-state index in [1.807, 2.05) is 18.2 Å². The fraction of sp³-hybridized carbons (Fsp3) is 0.250. The predicted molar refractivity (Wildman–Crippen MR) is 113 cm³/mol. The molecule has 2 heteroatoms. The van der Waals surface area contributed by atoms with Crippen molar-refractivity contribution in [1.82, 2.24) is 0 Å². The Kier molecular flexibility index (Phi) is 6.86. The van der Waals surface area contributed by atoms with Crippen LogP contribution >= 0.6 is 7.14 Å². The smallest absolute Gasteiger partial charge is 0.0887 e. The zero-order valence-electron chi connectivity index (χ0n) is 15.3. The Balaban J connectivity index is 1.65. The molecule has 0 saturated carbocycles. The summed E-state index contributed by atoms with van der Waals surface area (Å²) in [7, 11) is -2.22. The Labute approximate surface area is 157 Å². The van der Waals surface area contributed by atoms with Crippen LogP contribution in [0.5, 0.6) is 0 Å². The SMILES string of the molecule is O=P(CCc1ccccc1)(CCc1ccccc1)CCc1ccccc1. The summed E-state index contributed by atoms with van der Waals surface area (Å²) in [5.41, 5.74) is 3.85. The number of rotatable bonds is 9. The van der Waals surface area contributed by atoms with Crippen LogP contribution in [0.4, 0.5) is 0 Å². The first-order valence-corrected chi connectivity index (χ1v) is 11.7. The van der Waals surface area contributed by atoms with Gasteiger partial charge in [0.2, 0.25) is 0 Å². The van der Waals surface area contributed by atoms with Gasteiger partial charge in [0, 0.05) is 18.5 Å². The van der Waals surface area contributed by atoms with E-state index in [0.29, 0.717) is 0 Å². The molecule has 0 N–H and O–H groups in total. The second kappa shape index (κ2) is 9.55. The minimum absolute atomic E-state index is 0.802. The highest BCUT2D eigenvalue weighted by Gasteiger charge is 2.21. The van der Waals surface area contributed by atoms with Crippen LogP contribution in [0.2, 0.25) is 0 Å². The zero-order valence-corrected chi connectivity index (χ0v) is 16.2. The molecule has 1 nitrogen and oxygen atoms in total. The molecule has 0 spiro atoms. The van der Waals surface area contributed by atoms with Gasteiger partial charge in [0.05, 0.1) is 7.14 Å². The molecule has 0 unspecified atom stereocenters. The van der Waals surface area contributed by atoms with Gasteiger partial charge in [-0.15, -0.1) is 0 Å². The lowest BCUT2D eigenvalue weighted by atomic mass is 10.2.